The van der Waals surface area contributed by atoms with Gasteiger partial charge in [0.1, 0.15) is 0 Å². The molecule has 0 radical (unpaired) electrons. The lowest BCUT2D eigenvalue weighted by Crippen LogP contribution is -2.22. The molecule has 0 N–H and O–H groups in total. The third kappa shape index (κ3) is 4.04. The molecule has 2 rings (SSSR count). The summed E-state index contributed by atoms with van der Waals surface area (Å²) >= 11 is 7.46. The summed E-state index contributed by atoms with van der Waals surface area (Å²) in [7, 11) is 2.23. The Morgan fingerprint density at radius 2 is 2.38 bits per heavy atom. The van der Waals surface area contributed by atoms with E-state index < -0.39 is 0 Å². The average molecular weight is 259 g/mol. The second kappa shape index (κ2) is 5.99. The first-order valence-electron chi connectivity index (χ1n) is 5.95. The molecule has 0 aromatic carbocycles. The predicted octanol–water partition coefficient (Wildman–Crippen LogP) is 3.16. The molecule has 0 atom stereocenters. The molecular formula is C12H19ClN2S. The lowest BCUT2D eigenvalue weighted by atomic mass is 10.3. The zero-order valence-corrected chi connectivity index (χ0v) is 11.4. The topological polar surface area (TPSA) is 16.1 Å². The van der Waals surface area contributed by atoms with Crippen LogP contribution in [0.2, 0.25) is 0 Å². The average Bonchev–Trinajstić information content (AvgIpc) is 2.96. The van der Waals surface area contributed by atoms with Gasteiger partial charge in [-0.25, -0.2) is 4.98 Å². The SMILES string of the molecule is CN(CCCc1nc(CCl)cs1)CC1CC1. The van der Waals surface area contributed by atoms with E-state index in [1.807, 2.05) is 0 Å². The molecule has 1 heterocycles. The largest absolute Gasteiger partial charge is 0.306 e. The molecule has 4 heteroatoms. The molecule has 2 nitrogen and oxygen atoms in total. The van der Waals surface area contributed by atoms with Gasteiger partial charge in [0, 0.05) is 18.3 Å². The van der Waals surface area contributed by atoms with Gasteiger partial charge in [-0.2, -0.15) is 0 Å². The predicted molar refractivity (Wildman–Crippen MR) is 70.2 cm³/mol. The van der Waals surface area contributed by atoms with E-state index in [9.17, 15) is 0 Å². The van der Waals surface area contributed by atoms with E-state index in [4.69, 9.17) is 11.6 Å². The van der Waals surface area contributed by atoms with Crippen LogP contribution in [0.1, 0.15) is 30.0 Å². The van der Waals surface area contributed by atoms with E-state index >= 15 is 0 Å². The number of alkyl halides is 1. The molecule has 1 aliphatic rings. The van der Waals surface area contributed by atoms with Crippen molar-refractivity contribution < 1.29 is 0 Å². The Hall–Kier alpha value is -0.120. The summed E-state index contributed by atoms with van der Waals surface area (Å²) in [6.45, 7) is 2.47. The number of hydrogen-bond acceptors (Lipinski definition) is 3. The summed E-state index contributed by atoms with van der Waals surface area (Å²) in [5, 5.41) is 3.30. The van der Waals surface area contributed by atoms with Crippen LogP contribution < -0.4 is 0 Å². The van der Waals surface area contributed by atoms with Gasteiger partial charge in [0.25, 0.3) is 0 Å². The minimum absolute atomic E-state index is 0.540. The van der Waals surface area contributed by atoms with Crippen molar-refractivity contribution in [3.8, 4) is 0 Å². The number of nitrogens with zero attached hydrogens (tertiary/aromatic N) is 2. The Morgan fingerprint density at radius 1 is 1.56 bits per heavy atom. The maximum absolute atomic E-state index is 5.72. The van der Waals surface area contributed by atoms with Gasteiger partial charge in [-0.05, 0) is 38.8 Å². The van der Waals surface area contributed by atoms with E-state index in [0.29, 0.717) is 5.88 Å². The lowest BCUT2D eigenvalue weighted by molar-refractivity contribution is 0.316. The van der Waals surface area contributed by atoms with Crippen LogP contribution in [0.5, 0.6) is 0 Å². The maximum Gasteiger partial charge on any atom is 0.0929 e. The highest BCUT2D eigenvalue weighted by Crippen LogP contribution is 2.29. The van der Waals surface area contributed by atoms with E-state index in [0.717, 1.165) is 18.0 Å². The molecule has 1 saturated carbocycles. The summed E-state index contributed by atoms with van der Waals surface area (Å²) in [6.07, 6.45) is 5.18. The Morgan fingerprint density at radius 3 is 3.00 bits per heavy atom. The van der Waals surface area contributed by atoms with Crippen LogP contribution >= 0.6 is 22.9 Å². The van der Waals surface area contributed by atoms with Crippen LogP contribution in [0, 0.1) is 5.92 Å². The van der Waals surface area contributed by atoms with Gasteiger partial charge < -0.3 is 4.90 Å². The van der Waals surface area contributed by atoms with Crippen LogP contribution in [0.25, 0.3) is 0 Å². The van der Waals surface area contributed by atoms with Crippen molar-refractivity contribution in [2.24, 2.45) is 5.92 Å². The smallest absolute Gasteiger partial charge is 0.0929 e. The first-order valence-corrected chi connectivity index (χ1v) is 7.37. The Kier molecular flexibility index (Phi) is 4.62. The number of rotatable bonds is 7. The maximum atomic E-state index is 5.72. The highest BCUT2D eigenvalue weighted by Gasteiger charge is 2.22. The number of aryl methyl sites for hydroxylation is 1. The normalized spacial score (nSPS) is 15.9. The minimum atomic E-state index is 0.540. The van der Waals surface area contributed by atoms with Gasteiger partial charge in [0.15, 0.2) is 0 Å². The van der Waals surface area contributed by atoms with Crippen molar-refractivity contribution >= 4 is 22.9 Å². The van der Waals surface area contributed by atoms with Crippen LogP contribution in [0.15, 0.2) is 5.38 Å². The van der Waals surface area contributed by atoms with E-state index in [-0.39, 0.29) is 0 Å². The molecule has 0 amide bonds. The van der Waals surface area contributed by atoms with Gasteiger partial charge in [0.2, 0.25) is 0 Å². The van der Waals surface area contributed by atoms with Gasteiger partial charge in [-0.3, -0.25) is 0 Å². The van der Waals surface area contributed by atoms with Crippen molar-refractivity contribution in [2.75, 3.05) is 20.1 Å². The molecule has 90 valence electrons. The van der Waals surface area contributed by atoms with Gasteiger partial charge in [-0.15, -0.1) is 22.9 Å². The summed E-state index contributed by atoms with van der Waals surface area (Å²) in [5.74, 6) is 1.53. The summed E-state index contributed by atoms with van der Waals surface area (Å²) in [5.41, 5.74) is 1.02. The molecule has 1 aliphatic carbocycles. The van der Waals surface area contributed by atoms with Crippen molar-refractivity contribution in [3.63, 3.8) is 0 Å². The first kappa shape index (κ1) is 12.3. The van der Waals surface area contributed by atoms with Crippen molar-refractivity contribution in [2.45, 2.75) is 31.6 Å². The fourth-order valence-corrected chi connectivity index (χ4v) is 2.93. The Balaban J connectivity index is 1.62. The Bertz CT molecular complexity index is 323. The fourth-order valence-electron chi connectivity index (χ4n) is 1.86. The third-order valence-corrected chi connectivity index (χ3v) is 4.16. The zero-order chi connectivity index (χ0) is 11.4. The van der Waals surface area contributed by atoms with E-state index in [2.05, 4.69) is 22.3 Å². The standard InChI is InChI=1S/C12H19ClN2S/c1-15(8-10-4-5-10)6-2-3-12-14-11(7-13)9-16-12/h9-10H,2-8H2,1H3. The minimum Gasteiger partial charge on any atom is -0.306 e. The molecule has 1 aromatic heterocycles. The molecule has 0 spiro atoms. The van der Waals surface area contributed by atoms with Crippen molar-refractivity contribution in [1.82, 2.24) is 9.88 Å². The molecule has 1 aromatic rings. The fraction of sp³-hybridized carbons (Fsp3) is 0.750. The molecular weight excluding hydrogens is 240 g/mol. The highest BCUT2D eigenvalue weighted by atomic mass is 35.5. The van der Waals surface area contributed by atoms with Crippen LogP contribution in [-0.2, 0) is 12.3 Å². The second-order valence-electron chi connectivity index (χ2n) is 4.68. The molecule has 0 saturated heterocycles. The van der Waals surface area contributed by atoms with Crippen molar-refractivity contribution in [1.29, 1.82) is 0 Å². The van der Waals surface area contributed by atoms with Crippen LogP contribution in [0.4, 0.5) is 0 Å². The van der Waals surface area contributed by atoms with Crippen LogP contribution in [0.3, 0.4) is 0 Å². The van der Waals surface area contributed by atoms with E-state index in [1.165, 1.54) is 37.4 Å². The molecule has 0 unspecified atom stereocenters. The number of halogens is 1. The summed E-state index contributed by atoms with van der Waals surface area (Å²) in [6, 6.07) is 0. The second-order valence-corrected chi connectivity index (χ2v) is 5.89. The summed E-state index contributed by atoms with van der Waals surface area (Å²) < 4.78 is 0. The van der Waals surface area contributed by atoms with Crippen LogP contribution in [-0.4, -0.2) is 30.0 Å². The molecule has 1 fully saturated rings. The van der Waals surface area contributed by atoms with Gasteiger partial charge >= 0.3 is 0 Å². The first-order chi connectivity index (χ1) is 7.78. The van der Waals surface area contributed by atoms with E-state index in [1.54, 1.807) is 11.3 Å². The highest BCUT2D eigenvalue weighted by molar-refractivity contribution is 7.09. The Labute approximate surface area is 107 Å². The molecule has 16 heavy (non-hydrogen) atoms. The monoisotopic (exact) mass is 258 g/mol. The third-order valence-electron chi connectivity index (χ3n) is 2.93. The lowest BCUT2D eigenvalue weighted by Gasteiger charge is -2.15. The number of aromatic nitrogens is 1. The molecule has 0 aliphatic heterocycles. The van der Waals surface area contributed by atoms with Crippen molar-refractivity contribution in [3.05, 3.63) is 16.1 Å². The quantitative estimate of drug-likeness (QED) is 0.699. The summed E-state index contributed by atoms with van der Waals surface area (Å²) in [4.78, 5) is 6.92. The zero-order valence-electron chi connectivity index (χ0n) is 9.79. The number of thiazole rings is 1. The molecule has 0 bridgehead atoms. The van der Waals surface area contributed by atoms with Gasteiger partial charge in [-0.1, -0.05) is 0 Å². The number of hydrogen-bond donors (Lipinski definition) is 0. The van der Waals surface area contributed by atoms with Gasteiger partial charge in [0.05, 0.1) is 16.6 Å².